The van der Waals surface area contributed by atoms with Gasteiger partial charge in [-0.25, -0.2) is 0 Å². The molecule has 0 bridgehead atoms. The van der Waals surface area contributed by atoms with Crippen molar-refractivity contribution in [2.75, 3.05) is 5.32 Å². The van der Waals surface area contributed by atoms with Crippen molar-refractivity contribution in [1.82, 2.24) is 5.32 Å². The number of carbonyl (C=O) groups excluding carboxylic acids is 3. The fourth-order valence-corrected chi connectivity index (χ4v) is 3.84. The molecule has 172 valence electrons. The molecule has 0 atom stereocenters. The molecule has 35 heavy (non-hydrogen) atoms. The Labute approximate surface area is 207 Å². The summed E-state index contributed by atoms with van der Waals surface area (Å²) in [5.41, 5.74) is 3.29. The molecule has 0 saturated carbocycles. The van der Waals surface area contributed by atoms with Crippen LogP contribution in [-0.4, -0.2) is 17.6 Å². The lowest BCUT2D eigenvalue weighted by atomic mass is 10.1. The predicted molar refractivity (Wildman–Crippen MR) is 141 cm³/mol. The van der Waals surface area contributed by atoms with E-state index in [0.717, 1.165) is 11.1 Å². The number of hydrogen-bond acceptors (Lipinski definition) is 4. The first-order valence-electron chi connectivity index (χ1n) is 10.9. The molecule has 0 aliphatic rings. The second kappa shape index (κ2) is 11.5. The van der Waals surface area contributed by atoms with E-state index in [1.807, 2.05) is 53.2 Å². The third-order valence-corrected chi connectivity index (χ3v) is 5.74. The molecule has 2 amide bonds. The number of amides is 2. The van der Waals surface area contributed by atoms with Crippen LogP contribution >= 0.6 is 11.3 Å². The Kier molecular flexibility index (Phi) is 7.78. The zero-order valence-corrected chi connectivity index (χ0v) is 19.5. The average Bonchev–Trinajstić information content (AvgIpc) is 3.42. The Morgan fingerprint density at radius 2 is 1.40 bits per heavy atom. The first-order chi connectivity index (χ1) is 17.1. The van der Waals surface area contributed by atoms with E-state index in [9.17, 15) is 14.4 Å². The summed E-state index contributed by atoms with van der Waals surface area (Å²) in [5, 5.41) is 9.41. The largest absolute Gasteiger partial charge is 0.321 e. The van der Waals surface area contributed by atoms with Crippen molar-refractivity contribution in [3.05, 3.63) is 136 Å². The highest BCUT2D eigenvalue weighted by atomic mass is 32.1. The Morgan fingerprint density at radius 3 is 2.06 bits per heavy atom. The highest BCUT2D eigenvalue weighted by molar-refractivity contribution is 7.08. The van der Waals surface area contributed by atoms with E-state index >= 15 is 0 Å². The first kappa shape index (κ1) is 23.6. The third kappa shape index (κ3) is 6.72. The number of allylic oxidation sites excluding steroid dienone is 1. The molecule has 2 N–H and O–H groups in total. The van der Waals surface area contributed by atoms with Gasteiger partial charge in [-0.05, 0) is 76.5 Å². The number of ketones is 1. The molecule has 0 spiro atoms. The number of anilines is 1. The van der Waals surface area contributed by atoms with Gasteiger partial charge in [-0.1, -0.05) is 54.6 Å². The second-order valence-electron chi connectivity index (χ2n) is 7.57. The van der Waals surface area contributed by atoms with Gasteiger partial charge >= 0.3 is 0 Å². The minimum atomic E-state index is -0.477. The second-order valence-corrected chi connectivity index (χ2v) is 8.35. The SMILES string of the molecule is O=C(Nc1ccc(C(=O)/C=C/c2ccsc2)cc1)/C(=C/c1ccccc1)NC(=O)c1ccccc1. The van der Waals surface area contributed by atoms with Crippen LogP contribution in [0, 0.1) is 0 Å². The summed E-state index contributed by atoms with van der Waals surface area (Å²) in [7, 11) is 0. The van der Waals surface area contributed by atoms with Crippen LogP contribution in [0.1, 0.15) is 31.8 Å². The number of hydrogen-bond donors (Lipinski definition) is 2. The molecule has 0 unspecified atom stereocenters. The third-order valence-electron chi connectivity index (χ3n) is 5.04. The Hall–Kier alpha value is -4.55. The predicted octanol–water partition coefficient (Wildman–Crippen LogP) is 6.05. The van der Waals surface area contributed by atoms with E-state index in [2.05, 4.69) is 10.6 Å². The van der Waals surface area contributed by atoms with Crippen molar-refractivity contribution in [3.8, 4) is 0 Å². The van der Waals surface area contributed by atoms with E-state index in [1.54, 1.807) is 72.0 Å². The topological polar surface area (TPSA) is 75.3 Å². The molecule has 0 radical (unpaired) electrons. The lowest BCUT2D eigenvalue weighted by molar-refractivity contribution is -0.113. The zero-order chi connectivity index (χ0) is 24.5. The monoisotopic (exact) mass is 478 g/mol. The minimum absolute atomic E-state index is 0.101. The van der Waals surface area contributed by atoms with Crippen LogP contribution in [0.5, 0.6) is 0 Å². The zero-order valence-electron chi connectivity index (χ0n) is 18.7. The lowest BCUT2D eigenvalue weighted by Crippen LogP contribution is -2.30. The number of carbonyl (C=O) groups is 3. The van der Waals surface area contributed by atoms with Crippen LogP contribution < -0.4 is 10.6 Å². The summed E-state index contributed by atoms with van der Waals surface area (Å²) in [6.07, 6.45) is 4.91. The maximum atomic E-state index is 13.1. The van der Waals surface area contributed by atoms with Crippen LogP contribution in [0.15, 0.2) is 114 Å². The molecule has 4 aromatic rings. The quantitative estimate of drug-likeness (QED) is 0.239. The van der Waals surface area contributed by atoms with Gasteiger partial charge in [0.1, 0.15) is 5.70 Å². The van der Waals surface area contributed by atoms with Gasteiger partial charge in [-0.15, -0.1) is 0 Å². The summed E-state index contributed by atoms with van der Waals surface area (Å²) in [4.78, 5) is 38.2. The van der Waals surface area contributed by atoms with Gasteiger partial charge in [0.15, 0.2) is 5.78 Å². The number of benzene rings is 3. The molecule has 4 rings (SSSR count). The highest BCUT2D eigenvalue weighted by Gasteiger charge is 2.15. The van der Waals surface area contributed by atoms with Gasteiger partial charge < -0.3 is 10.6 Å². The van der Waals surface area contributed by atoms with Gasteiger partial charge in [0.05, 0.1) is 0 Å². The van der Waals surface area contributed by atoms with Crippen LogP contribution in [-0.2, 0) is 4.79 Å². The highest BCUT2D eigenvalue weighted by Crippen LogP contribution is 2.15. The van der Waals surface area contributed by atoms with Gasteiger partial charge in [0.25, 0.3) is 11.8 Å². The number of nitrogens with one attached hydrogen (secondary N) is 2. The normalized spacial score (nSPS) is 11.3. The van der Waals surface area contributed by atoms with Crippen molar-refractivity contribution >= 4 is 46.8 Å². The summed E-state index contributed by atoms with van der Waals surface area (Å²) < 4.78 is 0. The Balaban J connectivity index is 1.48. The van der Waals surface area contributed by atoms with Crippen LogP contribution in [0.4, 0.5) is 5.69 Å². The standard InChI is InChI=1S/C29H22N2O3S/c32-27(16-11-22-17-18-35-20-22)23-12-14-25(15-13-23)30-29(34)26(19-21-7-3-1-4-8-21)31-28(33)24-9-5-2-6-10-24/h1-20H,(H,30,34)(H,31,33)/b16-11+,26-19-. The molecule has 1 heterocycles. The average molecular weight is 479 g/mol. The van der Waals surface area contributed by atoms with Crippen molar-refractivity contribution in [2.45, 2.75) is 0 Å². The van der Waals surface area contributed by atoms with Crippen molar-refractivity contribution in [3.63, 3.8) is 0 Å². The van der Waals surface area contributed by atoms with Crippen molar-refractivity contribution < 1.29 is 14.4 Å². The van der Waals surface area contributed by atoms with Crippen LogP contribution in [0.3, 0.4) is 0 Å². The van der Waals surface area contributed by atoms with Crippen molar-refractivity contribution in [2.24, 2.45) is 0 Å². The number of thiophene rings is 1. The van der Waals surface area contributed by atoms with E-state index in [1.165, 1.54) is 6.08 Å². The summed E-state index contributed by atoms with van der Waals surface area (Å²) in [6, 6.07) is 26.5. The first-order valence-corrected chi connectivity index (χ1v) is 11.8. The van der Waals surface area contributed by atoms with E-state index in [-0.39, 0.29) is 17.4 Å². The van der Waals surface area contributed by atoms with Gasteiger partial charge in [0.2, 0.25) is 0 Å². The lowest BCUT2D eigenvalue weighted by Gasteiger charge is -2.12. The van der Waals surface area contributed by atoms with E-state index in [4.69, 9.17) is 0 Å². The summed E-state index contributed by atoms with van der Waals surface area (Å²) >= 11 is 1.57. The Morgan fingerprint density at radius 1 is 0.714 bits per heavy atom. The van der Waals surface area contributed by atoms with E-state index in [0.29, 0.717) is 16.8 Å². The Bertz CT molecular complexity index is 1360. The van der Waals surface area contributed by atoms with Crippen LogP contribution in [0.25, 0.3) is 12.2 Å². The summed E-state index contributed by atoms with van der Waals surface area (Å²) in [5.74, 6) is -0.996. The maximum absolute atomic E-state index is 13.1. The smallest absolute Gasteiger partial charge is 0.272 e. The molecule has 0 aliphatic heterocycles. The molecule has 3 aromatic carbocycles. The molecule has 0 aliphatic carbocycles. The molecular weight excluding hydrogens is 456 g/mol. The molecular formula is C29H22N2O3S. The van der Waals surface area contributed by atoms with Gasteiger partial charge in [0, 0.05) is 16.8 Å². The minimum Gasteiger partial charge on any atom is -0.321 e. The molecule has 1 aromatic heterocycles. The van der Waals surface area contributed by atoms with Crippen LogP contribution in [0.2, 0.25) is 0 Å². The fourth-order valence-electron chi connectivity index (χ4n) is 3.21. The molecule has 6 heteroatoms. The summed E-state index contributed by atoms with van der Waals surface area (Å²) in [6.45, 7) is 0. The molecule has 0 fully saturated rings. The van der Waals surface area contributed by atoms with Crippen molar-refractivity contribution in [1.29, 1.82) is 0 Å². The molecule has 0 saturated heterocycles. The fraction of sp³-hybridized carbons (Fsp3) is 0. The van der Waals surface area contributed by atoms with E-state index < -0.39 is 5.91 Å². The molecule has 5 nitrogen and oxygen atoms in total. The maximum Gasteiger partial charge on any atom is 0.272 e. The van der Waals surface area contributed by atoms with Gasteiger partial charge in [-0.3, -0.25) is 14.4 Å². The number of rotatable bonds is 8. The van der Waals surface area contributed by atoms with Gasteiger partial charge in [-0.2, -0.15) is 11.3 Å².